The van der Waals surface area contributed by atoms with Gasteiger partial charge in [0.15, 0.2) is 0 Å². The van der Waals surface area contributed by atoms with Gasteiger partial charge < -0.3 is 14.6 Å². The number of rotatable bonds is 6. The standard InChI is InChI=1S/C20H22N2O3/c1-24-18-6-3-5-16(11-18)20-12-17(23)14-22(20)8-9-25-19-7-2-4-15(10-19)13-21/h2-7,10-11,17,20,23H,8-9,12,14H2,1H3/t17-,20-/m0/s1. The lowest BCUT2D eigenvalue weighted by molar-refractivity contribution is 0.162. The van der Waals surface area contributed by atoms with Gasteiger partial charge in [-0.2, -0.15) is 5.26 Å². The molecule has 0 aromatic heterocycles. The first-order chi connectivity index (χ1) is 12.2. The highest BCUT2D eigenvalue weighted by Crippen LogP contribution is 2.33. The van der Waals surface area contributed by atoms with Gasteiger partial charge in [-0.05, 0) is 42.3 Å². The number of β-amino-alcohol motifs (C(OH)–C–C–N with tert-alkyl or cyclic N) is 1. The van der Waals surface area contributed by atoms with Gasteiger partial charge in [-0.3, -0.25) is 4.90 Å². The molecule has 1 aliphatic rings. The van der Waals surface area contributed by atoms with Crippen LogP contribution in [0.25, 0.3) is 0 Å². The van der Waals surface area contributed by atoms with Gasteiger partial charge >= 0.3 is 0 Å². The van der Waals surface area contributed by atoms with Crippen LogP contribution in [0.3, 0.4) is 0 Å². The number of nitrogens with zero attached hydrogens (tertiary/aromatic N) is 2. The third-order valence-electron chi connectivity index (χ3n) is 4.47. The molecule has 0 unspecified atom stereocenters. The summed E-state index contributed by atoms with van der Waals surface area (Å²) in [6.45, 7) is 1.83. The Morgan fingerprint density at radius 1 is 1.20 bits per heavy atom. The number of aliphatic hydroxyl groups is 1. The SMILES string of the molecule is COc1cccc([C@@H]2C[C@H](O)CN2CCOc2cccc(C#N)c2)c1. The maximum Gasteiger partial charge on any atom is 0.120 e. The smallest absolute Gasteiger partial charge is 0.120 e. The van der Waals surface area contributed by atoms with Crippen LogP contribution in [0.5, 0.6) is 11.5 Å². The molecule has 1 heterocycles. The lowest BCUT2D eigenvalue weighted by atomic mass is 10.0. The van der Waals surface area contributed by atoms with E-state index in [9.17, 15) is 5.11 Å². The van der Waals surface area contributed by atoms with Crippen LogP contribution in [0.4, 0.5) is 0 Å². The average molecular weight is 338 g/mol. The van der Waals surface area contributed by atoms with Crippen molar-refractivity contribution >= 4 is 0 Å². The molecule has 0 amide bonds. The van der Waals surface area contributed by atoms with E-state index in [-0.39, 0.29) is 12.1 Å². The Morgan fingerprint density at radius 3 is 2.80 bits per heavy atom. The Kier molecular flexibility index (Phi) is 5.54. The van der Waals surface area contributed by atoms with E-state index in [2.05, 4.69) is 17.0 Å². The van der Waals surface area contributed by atoms with Crippen molar-refractivity contribution in [1.82, 2.24) is 4.90 Å². The molecule has 0 spiro atoms. The van der Waals surface area contributed by atoms with Crippen LogP contribution in [0.1, 0.15) is 23.6 Å². The number of likely N-dealkylation sites (tertiary alicyclic amines) is 1. The molecule has 1 fully saturated rings. The molecule has 0 aliphatic carbocycles. The summed E-state index contributed by atoms with van der Waals surface area (Å²) < 4.78 is 11.1. The molecular weight excluding hydrogens is 316 g/mol. The summed E-state index contributed by atoms with van der Waals surface area (Å²) in [5.74, 6) is 1.51. The van der Waals surface area contributed by atoms with Gasteiger partial charge in [0.1, 0.15) is 18.1 Å². The zero-order valence-corrected chi connectivity index (χ0v) is 14.3. The molecule has 1 saturated heterocycles. The van der Waals surface area contributed by atoms with Gasteiger partial charge in [-0.15, -0.1) is 0 Å². The van der Waals surface area contributed by atoms with Crippen LogP contribution in [-0.2, 0) is 0 Å². The topological polar surface area (TPSA) is 65.7 Å². The van der Waals surface area contributed by atoms with E-state index in [1.54, 1.807) is 19.2 Å². The van der Waals surface area contributed by atoms with Crippen molar-refractivity contribution in [2.45, 2.75) is 18.6 Å². The largest absolute Gasteiger partial charge is 0.497 e. The van der Waals surface area contributed by atoms with Crippen LogP contribution < -0.4 is 9.47 Å². The number of benzene rings is 2. The first kappa shape index (κ1) is 17.3. The van der Waals surface area contributed by atoms with E-state index < -0.39 is 0 Å². The summed E-state index contributed by atoms with van der Waals surface area (Å²) in [4.78, 5) is 2.23. The molecule has 25 heavy (non-hydrogen) atoms. The fraction of sp³-hybridized carbons (Fsp3) is 0.350. The quantitative estimate of drug-likeness (QED) is 0.877. The predicted molar refractivity (Wildman–Crippen MR) is 94.6 cm³/mol. The summed E-state index contributed by atoms with van der Waals surface area (Å²) in [5.41, 5.74) is 1.73. The van der Waals surface area contributed by atoms with Crippen LogP contribution in [0.2, 0.25) is 0 Å². The summed E-state index contributed by atoms with van der Waals surface area (Å²) in [6, 6.07) is 17.4. The normalized spacial score (nSPS) is 20.2. The molecule has 1 N–H and O–H groups in total. The maximum absolute atomic E-state index is 10.1. The van der Waals surface area contributed by atoms with Crippen molar-refractivity contribution in [2.75, 3.05) is 26.8 Å². The van der Waals surface area contributed by atoms with Crippen LogP contribution >= 0.6 is 0 Å². The fourth-order valence-corrected chi connectivity index (χ4v) is 3.26. The van der Waals surface area contributed by atoms with Crippen molar-refractivity contribution in [1.29, 1.82) is 5.26 Å². The van der Waals surface area contributed by atoms with Gasteiger partial charge in [0.25, 0.3) is 0 Å². The van der Waals surface area contributed by atoms with Crippen molar-refractivity contribution in [2.24, 2.45) is 0 Å². The van der Waals surface area contributed by atoms with Gasteiger partial charge in [-0.25, -0.2) is 0 Å². The second kappa shape index (κ2) is 8.02. The number of methoxy groups -OCH3 is 1. The Hall–Kier alpha value is -2.55. The number of nitriles is 1. The van der Waals surface area contributed by atoms with E-state index in [1.807, 2.05) is 30.3 Å². The molecule has 0 bridgehead atoms. The minimum atomic E-state index is -0.335. The van der Waals surface area contributed by atoms with E-state index in [1.165, 1.54) is 0 Å². The third kappa shape index (κ3) is 4.30. The highest BCUT2D eigenvalue weighted by molar-refractivity contribution is 5.36. The number of aliphatic hydroxyl groups excluding tert-OH is 1. The second-order valence-electron chi connectivity index (χ2n) is 6.16. The van der Waals surface area contributed by atoms with Gasteiger partial charge in [0.05, 0.1) is 24.8 Å². The van der Waals surface area contributed by atoms with Crippen molar-refractivity contribution < 1.29 is 14.6 Å². The third-order valence-corrected chi connectivity index (χ3v) is 4.47. The maximum atomic E-state index is 10.1. The number of hydrogen-bond acceptors (Lipinski definition) is 5. The molecule has 130 valence electrons. The van der Waals surface area contributed by atoms with Crippen molar-refractivity contribution in [3.63, 3.8) is 0 Å². The van der Waals surface area contributed by atoms with Crippen LogP contribution in [0, 0.1) is 11.3 Å². The van der Waals surface area contributed by atoms with E-state index >= 15 is 0 Å². The lowest BCUT2D eigenvalue weighted by Gasteiger charge is -2.24. The van der Waals surface area contributed by atoms with Crippen LogP contribution in [0.15, 0.2) is 48.5 Å². The van der Waals surface area contributed by atoms with Gasteiger partial charge in [-0.1, -0.05) is 18.2 Å². The van der Waals surface area contributed by atoms with Crippen LogP contribution in [-0.4, -0.2) is 42.9 Å². The van der Waals surface area contributed by atoms with Gasteiger partial charge in [0.2, 0.25) is 0 Å². The number of ether oxygens (including phenoxy) is 2. The highest BCUT2D eigenvalue weighted by atomic mass is 16.5. The second-order valence-corrected chi connectivity index (χ2v) is 6.16. The first-order valence-corrected chi connectivity index (χ1v) is 8.38. The molecule has 2 atom stereocenters. The molecule has 5 heteroatoms. The Morgan fingerprint density at radius 2 is 2.00 bits per heavy atom. The molecule has 0 saturated carbocycles. The summed E-state index contributed by atoms with van der Waals surface area (Å²) in [6.07, 6.45) is 0.370. The lowest BCUT2D eigenvalue weighted by Crippen LogP contribution is -2.29. The first-order valence-electron chi connectivity index (χ1n) is 8.38. The molecule has 3 rings (SSSR count). The molecule has 2 aromatic rings. The zero-order chi connectivity index (χ0) is 17.6. The van der Waals surface area contributed by atoms with Crippen molar-refractivity contribution in [3.8, 4) is 17.6 Å². The molecule has 1 aliphatic heterocycles. The van der Waals surface area contributed by atoms with E-state index in [0.717, 1.165) is 11.3 Å². The van der Waals surface area contributed by atoms with Crippen molar-refractivity contribution in [3.05, 3.63) is 59.7 Å². The monoisotopic (exact) mass is 338 g/mol. The predicted octanol–water partition coefficient (Wildman–Crippen LogP) is 2.75. The molecule has 2 aromatic carbocycles. The Bertz CT molecular complexity index is 757. The number of hydrogen-bond donors (Lipinski definition) is 1. The molecule has 0 radical (unpaired) electrons. The molecular formula is C20H22N2O3. The minimum absolute atomic E-state index is 0.152. The zero-order valence-electron chi connectivity index (χ0n) is 14.3. The van der Waals surface area contributed by atoms with Gasteiger partial charge in [0, 0.05) is 19.1 Å². The van der Waals surface area contributed by atoms with E-state index in [4.69, 9.17) is 14.7 Å². The average Bonchev–Trinajstić information content (AvgIpc) is 3.02. The molecule has 5 nitrogen and oxygen atoms in total. The summed E-state index contributed by atoms with van der Waals surface area (Å²) in [7, 11) is 1.66. The van der Waals surface area contributed by atoms with E-state index in [0.29, 0.717) is 37.4 Å². The fourth-order valence-electron chi connectivity index (χ4n) is 3.26. The summed E-state index contributed by atoms with van der Waals surface area (Å²) in [5, 5.41) is 19.0. The minimum Gasteiger partial charge on any atom is -0.497 e. The highest BCUT2D eigenvalue weighted by Gasteiger charge is 2.31. The Balaban J connectivity index is 1.62. The Labute approximate surface area is 148 Å². The summed E-state index contributed by atoms with van der Waals surface area (Å²) >= 11 is 0.